The van der Waals surface area contributed by atoms with Crippen LogP contribution in [-0.2, 0) is 0 Å². The topological polar surface area (TPSA) is 15.3 Å². The van der Waals surface area contributed by atoms with Crippen molar-refractivity contribution in [2.24, 2.45) is 0 Å². The van der Waals surface area contributed by atoms with Crippen LogP contribution in [0.15, 0.2) is 18.2 Å². The Kier molecular flexibility index (Phi) is 3.97. The number of hydrogen-bond acceptors (Lipinski definition) is 2. The lowest BCUT2D eigenvalue weighted by molar-refractivity contribution is 0.0995. The van der Waals surface area contributed by atoms with Crippen molar-refractivity contribution in [2.75, 3.05) is 13.1 Å². The van der Waals surface area contributed by atoms with Crippen LogP contribution in [0.3, 0.4) is 0 Å². The Bertz CT molecular complexity index is 402. The Hall–Kier alpha value is -1.00. The van der Waals surface area contributed by atoms with Crippen LogP contribution in [0.25, 0.3) is 0 Å². The number of benzene rings is 1. The van der Waals surface area contributed by atoms with E-state index in [1.807, 2.05) is 6.92 Å². The first kappa shape index (κ1) is 13.4. The maximum absolute atomic E-state index is 13.8. The second kappa shape index (κ2) is 5.33. The molecule has 1 aromatic carbocycles. The molecule has 1 aromatic rings. The zero-order chi connectivity index (χ0) is 13.3. The van der Waals surface area contributed by atoms with Gasteiger partial charge in [0.25, 0.3) is 0 Å². The maximum atomic E-state index is 13.8. The second-order valence-electron chi connectivity index (χ2n) is 5.17. The molecule has 1 aliphatic heterocycles. The fourth-order valence-electron chi connectivity index (χ4n) is 2.67. The van der Waals surface area contributed by atoms with Crippen molar-refractivity contribution in [1.82, 2.24) is 10.2 Å². The van der Waals surface area contributed by atoms with E-state index < -0.39 is 11.6 Å². The summed E-state index contributed by atoms with van der Waals surface area (Å²) in [6.45, 7) is 7.69. The number of halogens is 2. The zero-order valence-corrected chi connectivity index (χ0v) is 11.1. The van der Waals surface area contributed by atoms with Crippen LogP contribution < -0.4 is 5.32 Å². The minimum absolute atomic E-state index is 0.179. The van der Waals surface area contributed by atoms with E-state index in [0.717, 1.165) is 13.1 Å². The van der Waals surface area contributed by atoms with Crippen molar-refractivity contribution < 1.29 is 8.78 Å². The van der Waals surface area contributed by atoms with E-state index in [1.165, 1.54) is 18.2 Å². The van der Waals surface area contributed by atoms with Crippen molar-refractivity contribution in [3.8, 4) is 0 Å². The number of hydrogen-bond donors (Lipinski definition) is 1. The van der Waals surface area contributed by atoms with Gasteiger partial charge in [-0.05, 0) is 32.9 Å². The summed E-state index contributed by atoms with van der Waals surface area (Å²) in [6, 6.07) is 4.43. The summed E-state index contributed by atoms with van der Waals surface area (Å²) in [4.78, 5) is 2.16. The fourth-order valence-corrected chi connectivity index (χ4v) is 2.67. The molecule has 18 heavy (non-hydrogen) atoms. The van der Waals surface area contributed by atoms with Crippen molar-refractivity contribution >= 4 is 0 Å². The first-order valence-corrected chi connectivity index (χ1v) is 6.43. The van der Waals surface area contributed by atoms with Crippen LogP contribution in [0.5, 0.6) is 0 Å². The third-order valence-corrected chi connectivity index (χ3v) is 3.73. The van der Waals surface area contributed by atoms with Crippen LogP contribution in [0.4, 0.5) is 8.78 Å². The highest BCUT2D eigenvalue weighted by molar-refractivity contribution is 5.23. The summed E-state index contributed by atoms with van der Waals surface area (Å²) >= 11 is 0. The first-order valence-electron chi connectivity index (χ1n) is 6.43. The normalized spacial score (nSPS) is 27.2. The second-order valence-corrected chi connectivity index (χ2v) is 5.17. The van der Waals surface area contributed by atoms with Crippen molar-refractivity contribution in [2.45, 2.75) is 38.9 Å². The van der Waals surface area contributed by atoms with E-state index in [-0.39, 0.29) is 17.6 Å². The van der Waals surface area contributed by atoms with E-state index in [2.05, 4.69) is 24.1 Å². The Morgan fingerprint density at radius 2 is 1.89 bits per heavy atom. The van der Waals surface area contributed by atoms with Crippen molar-refractivity contribution in [3.05, 3.63) is 35.4 Å². The molecular weight excluding hydrogens is 234 g/mol. The largest absolute Gasteiger partial charge is 0.311 e. The zero-order valence-electron chi connectivity index (χ0n) is 11.1. The average molecular weight is 254 g/mol. The number of rotatable bonds is 2. The van der Waals surface area contributed by atoms with E-state index in [1.54, 1.807) is 0 Å². The maximum Gasteiger partial charge on any atom is 0.130 e. The third-order valence-electron chi connectivity index (χ3n) is 3.73. The molecule has 1 saturated heterocycles. The van der Waals surface area contributed by atoms with Gasteiger partial charge in [0.2, 0.25) is 0 Å². The predicted molar refractivity (Wildman–Crippen MR) is 68.4 cm³/mol. The monoisotopic (exact) mass is 254 g/mol. The van der Waals surface area contributed by atoms with Gasteiger partial charge in [-0.25, -0.2) is 8.78 Å². The van der Waals surface area contributed by atoms with E-state index in [0.29, 0.717) is 6.04 Å². The molecule has 2 nitrogen and oxygen atoms in total. The molecule has 0 aromatic heterocycles. The number of nitrogens with one attached hydrogen (secondary N) is 1. The van der Waals surface area contributed by atoms with Crippen LogP contribution in [0.1, 0.15) is 32.4 Å². The third kappa shape index (κ3) is 2.54. The van der Waals surface area contributed by atoms with Crippen LogP contribution >= 0.6 is 0 Å². The summed E-state index contributed by atoms with van der Waals surface area (Å²) in [5.41, 5.74) is 0.179. The van der Waals surface area contributed by atoms with Gasteiger partial charge in [-0.1, -0.05) is 6.07 Å². The molecular formula is C14H20F2N2. The minimum atomic E-state index is -0.458. The Morgan fingerprint density at radius 1 is 1.28 bits per heavy atom. The molecule has 100 valence electrons. The van der Waals surface area contributed by atoms with Gasteiger partial charge in [0.05, 0.1) is 0 Å². The molecule has 0 spiro atoms. The van der Waals surface area contributed by atoms with Crippen molar-refractivity contribution in [1.29, 1.82) is 0 Å². The molecule has 3 atom stereocenters. The minimum Gasteiger partial charge on any atom is -0.311 e. The molecule has 0 saturated carbocycles. The highest BCUT2D eigenvalue weighted by atomic mass is 19.1. The molecule has 1 heterocycles. The van der Waals surface area contributed by atoms with Gasteiger partial charge in [0.15, 0.2) is 0 Å². The Balaban J connectivity index is 2.27. The molecule has 0 amide bonds. The highest BCUT2D eigenvalue weighted by Gasteiger charge is 2.29. The average Bonchev–Trinajstić information content (AvgIpc) is 2.32. The standard InChI is InChI=1S/C14H20F2N2/c1-9-8-18(10(2)7-17-9)11(3)14-12(15)5-4-6-13(14)16/h4-6,9-11,17H,7-8H2,1-3H3. The lowest BCUT2D eigenvalue weighted by atomic mass is 10.0. The van der Waals surface area contributed by atoms with E-state index in [4.69, 9.17) is 0 Å². The van der Waals surface area contributed by atoms with Gasteiger partial charge in [0, 0.05) is 36.8 Å². The summed E-state index contributed by atoms with van der Waals surface area (Å²) in [6.07, 6.45) is 0. The van der Waals surface area contributed by atoms with Gasteiger partial charge < -0.3 is 5.32 Å². The number of nitrogens with zero attached hydrogens (tertiary/aromatic N) is 1. The van der Waals surface area contributed by atoms with Crippen LogP contribution in [0.2, 0.25) is 0 Å². The number of piperazine rings is 1. The Labute approximate surface area is 107 Å². The smallest absolute Gasteiger partial charge is 0.130 e. The van der Waals surface area contributed by atoms with Crippen LogP contribution in [-0.4, -0.2) is 30.1 Å². The molecule has 0 radical (unpaired) electrons. The molecule has 1 aliphatic rings. The van der Waals surface area contributed by atoms with Gasteiger partial charge >= 0.3 is 0 Å². The van der Waals surface area contributed by atoms with Crippen LogP contribution in [0, 0.1) is 11.6 Å². The lowest BCUT2D eigenvalue weighted by Gasteiger charge is -2.41. The predicted octanol–water partition coefficient (Wildman–Crippen LogP) is 2.71. The molecule has 4 heteroatoms. The highest BCUT2D eigenvalue weighted by Crippen LogP contribution is 2.28. The van der Waals surface area contributed by atoms with E-state index in [9.17, 15) is 8.78 Å². The van der Waals surface area contributed by atoms with Gasteiger partial charge in [0.1, 0.15) is 11.6 Å². The molecule has 3 unspecified atom stereocenters. The lowest BCUT2D eigenvalue weighted by Crippen LogP contribution is -2.55. The SMILES string of the molecule is CC1CN(C(C)c2c(F)cccc2F)C(C)CN1. The quantitative estimate of drug-likeness (QED) is 0.873. The summed E-state index contributed by atoms with van der Waals surface area (Å²) < 4.78 is 27.6. The molecule has 0 aliphatic carbocycles. The van der Waals surface area contributed by atoms with Gasteiger partial charge in [-0.2, -0.15) is 0 Å². The first-order chi connectivity index (χ1) is 8.50. The van der Waals surface area contributed by atoms with Crippen molar-refractivity contribution in [3.63, 3.8) is 0 Å². The van der Waals surface area contributed by atoms with E-state index >= 15 is 0 Å². The fraction of sp³-hybridized carbons (Fsp3) is 0.571. The van der Waals surface area contributed by atoms with Gasteiger partial charge in [-0.15, -0.1) is 0 Å². The summed E-state index contributed by atoms with van der Waals surface area (Å²) in [7, 11) is 0. The molecule has 1 fully saturated rings. The summed E-state index contributed by atoms with van der Waals surface area (Å²) in [5, 5.41) is 3.37. The molecule has 0 bridgehead atoms. The summed E-state index contributed by atoms with van der Waals surface area (Å²) in [5.74, 6) is -0.915. The molecule has 1 N–H and O–H groups in total. The Morgan fingerprint density at radius 3 is 2.50 bits per heavy atom. The molecule has 2 rings (SSSR count). The van der Waals surface area contributed by atoms with Gasteiger partial charge in [-0.3, -0.25) is 4.90 Å².